The van der Waals surface area contributed by atoms with Crippen molar-refractivity contribution in [3.05, 3.63) is 58.7 Å². The van der Waals surface area contributed by atoms with Crippen LogP contribution in [0.2, 0.25) is 5.02 Å². The van der Waals surface area contributed by atoms with Crippen LogP contribution in [0.25, 0.3) is 0 Å². The van der Waals surface area contributed by atoms with E-state index < -0.39 is 11.7 Å². The molecule has 1 fully saturated rings. The molecule has 150 valence electrons. The second kappa shape index (κ2) is 8.82. The Balaban J connectivity index is 1.54. The number of aromatic nitrogens is 1. The fraction of sp³-hybridized carbons (Fsp3) is 0.400. The highest BCUT2D eigenvalue weighted by Gasteiger charge is 2.31. The first-order chi connectivity index (χ1) is 13.3. The number of hydrogen-bond acceptors (Lipinski definition) is 3. The van der Waals surface area contributed by atoms with Crippen molar-refractivity contribution in [2.24, 2.45) is 0 Å². The first-order valence-corrected chi connectivity index (χ1v) is 9.51. The van der Waals surface area contributed by atoms with Crippen LogP contribution in [0.15, 0.2) is 42.6 Å². The normalized spacial score (nSPS) is 15.4. The summed E-state index contributed by atoms with van der Waals surface area (Å²) in [6.45, 7) is 2.35. The van der Waals surface area contributed by atoms with Crippen LogP contribution in [0.5, 0.6) is 0 Å². The molecule has 1 aliphatic heterocycles. The Morgan fingerprint density at radius 2 is 1.93 bits per heavy atom. The van der Waals surface area contributed by atoms with Gasteiger partial charge in [-0.25, -0.2) is 4.98 Å². The van der Waals surface area contributed by atoms with Gasteiger partial charge in [0.25, 0.3) is 0 Å². The molecular weight excluding hydrogens is 391 g/mol. The van der Waals surface area contributed by atoms with Gasteiger partial charge >= 0.3 is 6.18 Å². The molecule has 2 heterocycles. The van der Waals surface area contributed by atoms with Crippen LogP contribution in [-0.4, -0.2) is 42.0 Å². The summed E-state index contributed by atoms with van der Waals surface area (Å²) in [6, 6.07) is 9.89. The van der Waals surface area contributed by atoms with E-state index in [4.69, 9.17) is 11.6 Å². The van der Waals surface area contributed by atoms with E-state index in [9.17, 15) is 18.0 Å². The lowest BCUT2D eigenvalue weighted by Gasteiger charge is -2.23. The monoisotopic (exact) mass is 411 g/mol. The maximum Gasteiger partial charge on any atom is 0.417 e. The van der Waals surface area contributed by atoms with Gasteiger partial charge in [-0.2, -0.15) is 13.2 Å². The van der Waals surface area contributed by atoms with Crippen LogP contribution in [0.1, 0.15) is 24.0 Å². The zero-order chi connectivity index (χ0) is 20.1. The molecule has 3 rings (SSSR count). The van der Waals surface area contributed by atoms with Crippen LogP contribution in [0.4, 0.5) is 19.0 Å². The number of halogens is 4. The van der Waals surface area contributed by atoms with Gasteiger partial charge in [0.2, 0.25) is 5.91 Å². The van der Waals surface area contributed by atoms with Gasteiger partial charge in [-0.3, -0.25) is 4.79 Å². The molecule has 1 aromatic heterocycles. The fourth-order valence-corrected chi connectivity index (χ4v) is 3.45. The van der Waals surface area contributed by atoms with Crippen molar-refractivity contribution in [3.63, 3.8) is 0 Å². The number of carbonyl (C=O) groups is 1. The number of aryl methyl sites for hydroxylation is 1. The third-order valence-corrected chi connectivity index (χ3v) is 5.00. The Morgan fingerprint density at radius 1 is 1.11 bits per heavy atom. The molecule has 1 saturated heterocycles. The van der Waals surface area contributed by atoms with Crippen LogP contribution in [0.3, 0.4) is 0 Å². The first-order valence-electron chi connectivity index (χ1n) is 9.13. The van der Waals surface area contributed by atoms with E-state index >= 15 is 0 Å². The molecule has 1 amide bonds. The molecule has 0 saturated carbocycles. The van der Waals surface area contributed by atoms with E-state index in [-0.39, 0.29) is 5.91 Å². The predicted octanol–water partition coefficient (Wildman–Crippen LogP) is 4.43. The molecule has 28 heavy (non-hydrogen) atoms. The minimum absolute atomic E-state index is 0.0715. The first kappa shape index (κ1) is 20.5. The highest BCUT2D eigenvalue weighted by atomic mass is 35.5. The summed E-state index contributed by atoms with van der Waals surface area (Å²) in [5, 5.41) is 0.652. The fourth-order valence-electron chi connectivity index (χ4n) is 3.24. The summed E-state index contributed by atoms with van der Waals surface area (Å²) < 4.78 is 38.0. The molecule has 0 bridgehead atoms. The van der Waals surface area contributed by atoms with Gasteiger partial charge < -0.3 is 9.80 Å². The predicted molar refractivity (Wildman–Crippen MR) is 102 cm³/mol. The van der Waals surface area contributed by atoms with E-state index in [1.807, 2.05) is 28.0 Å². The Labute approximate surface area is 166 Å². The summed E-state index contributed by atoms with van der Waals surface area (Å²) in [5.74, 6) is 0.573. The Kier molecular flexibility index (Phi) is 6.44. The highest BCUT2D eigenvalue weighted by molar-refractivity contribution is 6.30. The molecule has 0 spiro atoms. The lowest BCUT2D eigenvalue weighted by atomic mass is 10.1. The second-order valence-electron chi connectivity index (χ2n) is 6.75. The third kappa shape index (κ3) is 5.38. The van der Waals surface area contributed by atoms with E-state index in [2.05, 4.69) is 4.98 Å². The van der Waals surface area contributed by atoms with Crippen molar-refractivity contribution >= 4 is 23.3 Å². The van der Waals surface area contributed by atoms with Crippen molar-refractivity contribution in [2.45, 2.75) is 25.4 Å². The van der Waals surface area contributed by atoms with Crippen LogP contribution in [0, 0.1) is 0 Å². The van der Waals surface area contributed by atoms with Crippen LogP contribution < -0.4 is 4.90 Å². The van der Waals surface area contributed by atoms with Gasteiger partial charge in [0.05, 0.1) is 5.56 Å². The van der Waals surface area contributed by atoms with Crippen molar-refractivity contribution in [1.82, 2.24) is 9.88 Å². The maximum atomic E-state index is 12.7. The lowest BCUT2D eigenvalue weighted by Crippen LogP contribution is -2.35. The van der Waals surface area contributed by atoms with Crippen molar-refractivity contribution in [1.29, 1.82) is 0 Å². The number of alkyl halides is 3. The minimum atomic E-state index is -4.39. The van der Waals surface area contributed by atoms with E-state index in [1.54, 1.807) is 6.07 Å². The molecule has 0 atom stereocenters. The van der Waals surface area contributed by atoms with Gasteiger partial charge in [0, 0.05) is 43.8 Å². The van der Waals surface area contributed by atoms with Gasteiger partial charge in [-0.05, 0) is 42.7 Å². The average Bonchev–Trinajstić information content (AvgIpc) is 2.92. The Morgan fingerprint density at radius 3 is 2.61 bits per heavy atom. The number of amides is 1. The molecule has 0 radical (unpaired) electrons. The number of rotatable bonds is 4. The maximum absolute atomic E-state index is 12.7. The Bertz CT molecular complexity index is 811. The standard InChI is InChI=1S/C20H21ClF3N3O/c21-17-4-1-3-15(13-17)5-8-19(28)27-10-2-9-26(11-12-27)18-7-6-16(14-25-18)20(22,23)24/h1,3-4,6-7,13-14H,2,5,8-12H2. The molecule has 0 aliphatic carbocycles. The van der Waals surface area contributed by atoms with E-state index in [0.29, 0.717) is 49.9 Å². The number of benzene rings is 1. The zero-order valence-electron chi connectivity index (χ0n) is 15.3. The summed E-state index contributed by atoms with van der Waals surface area (Å²) >= 11 is 5.97. The molecule has 8 heteroatoms. The zero-order valence-corrected chi connectivity index (χ0v) is 16.0. The largest absolute Gasteiger partial charge is 0.417 e. The second-order valence-corrected chi connectivity index (χ2v) is 7.19. The molecular formula is C20H21ClF3N3O. The molecule has 2 aromatic rings. The lowest BCUT2D eigenvalue weighted by molar-refractivity contribution is -0.137. The Hall–Kier alpha value is -2.28. The SMILES string of the molecule is O=C(CCc1cccc(Cl)c1)N1CCCN(c2ccc(C(F)(F)F)cn2)CC1. The number of carbonyl (C=O) groups excluding carboxylic acids is 1. The summed E-state index contributed by atoms with van der Waals surface area (Å²) in [6.07, 6.45) is -1.77. The highest BCUT2D eigenvalue weighted by Crippen LogP contribution is 2.29. The van der Waals surface area contributed by atoms with Gasteiger partial charge in [-0.1, -0.05) is 23.7 Å². The van der Waals surface area contributed by atoms with Crippen LogP contribution >= 0.6 is 11.6 Å². The molecule has 0 unspecified atom stereocenters. The van der Waals surface area contributed by atoms with Crippen molar-refractivity contribution in [3.8, 4) is 0 Å². The van der Waals surface area contributed by atoms with Gasteiger partial charge in [-0.15, -0.1) is 0 Å². The minimum Gasteiger partial charge on any atom is -0.355 e. The quantitative estimate of drug-likeness (QED) is 0.747. The van der Waals surface area contributed by atoms with E-state index in [0.717, 1.165) is 24.2 Å². The van der Waals surface area contributed by atoms with Crippen molar-refractivity contribution in [2.75, 3.05) is 31.1 Å². The molecule has 4 nitrogen and oxygen atoms in total. The van der Waals surface area contributed by atoms with Crippen LogP contribution in [-0.2, 0) is 17.4 Å². The smallest absolute Gasteiger partial charge is 0.355 e. The molecule has 1 aliphatic rings. The number of nitrogens with zero attached hydrogens (tertiary/aromatic N) is 3. The summed E-state index contributed by atoms with van der Waals surface area (Å²) in [4.78, 5) is 20.2. The topological polar surface area (TPSA) is 36.4 Å². The third-order valence-electron chi connectivity index (χ3n) is 4.76. The average molecular weight is 412 g/mol. The number of hydrogen-bond donors (Lipinski definition) is 0. The van der Waals surface area contributed by atoms with Crippen molar-refractivity contribution < 1.29 is 18.0 Å². The molecule has 0 N–H and O–H groups in total. The molecule has 1 aromatic carbocycles. The van der Waals surface area contributed by atoms with Gasteiger partial charge in [0.1, 0.15) is 5.82 Å². The summed E-state index contributed by atoms with van der Waals surface area (Å²) in [5.41, 5.74) is 0.259. The number of pyridine rings is 1. The van der Waals surface area contributed by atoms with E-state index in [1.165, 1.54) is 6.07 Å². The number of anilines is 1. The van der Waals surface area contributed by atoms with Gasteiger partial charge in [0.15, 0.2) is 0 Å². The summed E-state index contributed by atoms with van der Waals surface area (Å²) in [7, 11) is 0.